The molecule has 0 radical (unpaired) electrons. The van der Waals surface area contributed by atoms with Gasteiger partial charge in [0.2, 0.25) is 10.0 Å². The molecule has 0 atom stereocenters. The van der Waals surface area contributed by atoms with Crippen LogP contribution in [-0.4, -0.2) is 69.5 Å². The van der Waals surface area contributed by atoms with Gasteiger partial charge >= 0.3 is 5.97 Å². The maximum atomic E-state index is 13.0. The molecule has 1 aliphatic heterocycles. The predicted molar refractivity (Wildman–Crippen MR) is 115 cm³/mol. The van der Waals surface area contributed by atoms with Crippen molar-refractivity contribution in [2.24, 2.45) is 0 Å². The highest BCUT2D eigenvalue weighted by Gasteiger charge is 2.29. The summed E-state index contributed by atoms with van der Waals surface area (Å²) in [5.74, 6) is 0.111. The summed E-state index contributed by atoms with van der Waals surface area (Å²) in [5, 5.41) is 0.568. The van der Waals surface area contributed by atoms with Gasteiger partial charge in [0.15, 0.2) is 0 Å². The molecular weight excluding hydrogens is 428 g/mol. The standard InChI is InChI=1S/C21H25ClN2O5S/c1-2-28-21(25)17-6-5-7-18(16-17)30(26,27)24-12-10-23(11-13-24)14-15-29-20-9-4-3-8-19(20)22/h3-9,16H,2,10-15H2,1H3. The number of nitrogens with zero attached hydrogens (tertiary/aromatic N) is 2. The molecule has 0 bridgehead atoms. The van der Waals surface area contributed by atoms with Gasteiger partial charge in [-0.3, -0.25) is 4.90 Å². The van der Waals surface area contributed by atoms with Crippen LogP contribution in [0.25, 0.3) is 0 Å². The van der Waals surface area contributed by atoms with Crippen molar-refractivity contribution in [3.63, 3.8) is 0 Å². The molecule has 0 saturated carbocycles. The van der Waals surface area contributed by atoms with Crippen molar-refractivity contribution >= 4 is 27.6 Å². The minimum absolute atomic E-state index is 0.101. The molecule has 3 rings (SSSR count). The number of benzene rings is 2. The number of piperazine rings is 1. The van der Waals surface area contributed by atoms with Crippen molar-refractivity contribution in [1.29, 1.82) is 0 Å². The number of carbonyl (C=O) groups excluding carboxylic acids is 1. The third-order valence-corrected chi connectivity index (χ3v) is 7.02. The van der Waals surface area contributed by atoms with E-state index in [0.717, 1.165) is 0 Å². The third-order valence-electron chi connectivity index (χ3n) is 4.82. The first-order valence-corrected chi connectivity index (χ1v) is 11.6. The summed E-state index contributed by atoms with van der Waals surface area (Å²) in [6, 6.07) is 13.3. The Morgan fingerprint density at radius 1 is 1.07 bits per heavy atom. The largest absolute Gasteiger partial charge is 0.491 e. The quantitative estimate of drug-likeness (QED) is 0.573. The number of hydrogen-bond acceptors (Lipinski definition) is 6. The van der Waals surface area contributed by atoms with E-state index in [0.29, 0.717) is 50.1 Å². The fourth-order valence-electron chi connectivity index (χ4n) is 3.19. The van der Waals surface area contributed by atoms with Crippen LogP contribution in [0.15, 0.2) is 53.4 Å². The van der Waals surface area contributed by atoms with Gasteiger partial charge in [-0.2, -0.15) is 4.31 Å². The topological polar surface area (TPSA) is 76.2 Å². The van der Waals surface area contributed by atoms with Gasteiger partial charge in [-0.05, 0) is 37.3 Å². The van der Waals surface area contributed by atoms with Gasteiger partial charge in [0.25, 0.3) is 0 Å². The van der Waals surface area contributed by atoms with Crippen molar-refractivity contribution in [2.45, 2.75) is 11.8 Å². The van der Waals surface area contributed by atoms with Crippen LogP contribution >= 0.6 is 11.6 Å². The lowest BCUT2D eigenvalue weighted by molar-refractivity contribution is 0.0526. The number of esters is 1. The highest BCUT2D eigenvalue weighted by atomic mass is 35.5. The number of para-hydroxylation sites is 1. The monoisotopic (exact) mass is 452 g/mol. The first kappa shape index (κ1) is 22.6. The first-order chi connectivity index (χ1) is 14.4. The maximum Gasteiger partial charge on any atom is 0.338 e. The molecule has 0 spiro atoms. The van der Waals surface area contributed by atoms with Gasteiger partial charge in [-0.25, -0.2) is 13.2 Å². The average Bonchev–Trinajstić information content (AvgIpc) is 2.76. The Hall–Kier alpha value is -2.13. The molecule has 1 heterocycles. The number of carbonyl (C=O) groups is 1. The molecule has 1 saturated heterocycles. The number of hydrogen-bond donors (Lipinski definition) is 0. The fourth-order valence-corrected chi connectivity index (χ4v) is 4.85. The van der Waals surface area contributed by atoms with Crippen LogP contribution in [0.3, 0.4) is 0 Å². The van der Waals surface area contributed by atoms with Gasteiger partial charge in [-0.1, -0.05) is 29.8 Å². The lowest BCUT2D eigenvalue weighted by Gasteiger charge is -2.33. The molecule has 9 heteroatoms. The van der Waals surface area contributed by atoms with Crippen molar-refractivity contribution in [2.75, 3.05) is 45.9 Å². The summed E-state index contributed by atoms with van der Waals surface area (Å²) in [7, 11) is -3.68. The van der Waals surface area contributed by atoms with Crippen LogP contribution in [0.5, 0.6) is 5.75 Å². The Balaban J connectivity index is 1.54. The molecule has 1 aliphatic rings. The molecule has 0 aliphatic carbocycles. The van der Waals surface area contributed by atoms with Crippen LogP contribution in [0, 0.1) is 0 Å². The number of halogens is 1. The Morgan fingerprint density at radius 2 is 1.80 bits per heavy atom. The molecule has 0 aromatic heterocycles. The van der Waals surface area contributed by atoms with E-state index in [4.69, 9.17) is 21.1 Å². The SMILES string of the molecule is CCOC(=O)c1cccc(S(=O)(=O)N2CCN(CCOc3ccccc3Cl)CC2)c1. The highest BCUT2D eigenvalue weighted by molar-refractivity contribution is 7.89. The number of sulfonamides is 1. The third kappa shape index (κ3) is 5.51. The number of rotatable bonds is 8. The Kier molecular flexibility index (Phi) is 7.71. The van der Waals surface area contributed by atoms with Gasteiger partial charge in [0.1, 0.15) is 12.4 Å². The van der Waals surface area contributed by atoms with Gasteiger partial charge < -0.3 is 9.47 Å². The second kappa shape index (κ2) is 10.3. The molecule has 162 valence electrons. The highest BCUT2D eigenvalue weighted by Crippen LogP contribution is 2.23. The summed E-state index contributed by atoms with van der Waals surface area (Å²) in [5.41, 5.74) is 0.230. The summed E-state index contributed by atoms with van der Waals surface area (Å²) >= 11 is 6.08. The van der Waals surface area contributed by atoms with Crippen LogP contribution in [0.4, 0.5) is 0 Å². The van der Waals surface area contributed by atoms with E-state index in [1.54, 1.807) is 25.1 Å². The predicted octanol–water partition coefficient (Wildman–Crippen LogP) is 2.90. The molecule has 2 aromatic carbocycles. The lowest BCUT2D eigenvalue weighted by atomic mass is 10.2. The van der Waals surface area contributed by atoms with Crippen molar-refractivity contribution in [3.8, 4) is 5.75 Å². The fraction of sp³-hybridized carbons (Fsp3) is 0.381. The second-order valence-electron chi connectivity index (χ2n) is 6.77. The Morgan fingerprint density at radius 3 is 2.50 bits per heavy atom. The summed E-state index contributed by atoms with van der Waals surface area (Å²) < 4.78 is 38.1. The molecular formula is C21H25ClN2O5S. The van der Waals surface area contributed by atoms with Crippen LogP contribution < -0.4 is 4.74 Å². The minimum atomic E-state index is -3.68. The summed E-state index contributed by atoms with van der Waals surface area (Å²) in [6.07, 6.45) is 0. The smallest absolute Gasteiger partial charge is 0.338 e. The van der Waals surface area contributed by atoms with E-state index in [1.165, 1.54) is 16.4 Å². The van der Waals surface area contributed by atoms with Crippen LogP contribution in [0.1, 0.15) is 17.3 Å². The van der Waals surface area contributed by atoms with E-state index in [1.807, 2.05) is 18.2 Å². The van der Waals surface area contributed by atoms with Crippen molar-refractivity contribution < 1.29 is 22.7 Å². The molecule has 2 aromatic rings. The molecule has 7 nitrogen and oxygen atoms in total. The molecule has 0 N–H and O–H groups in total. The maximum absolute atomic E-state index is 13.0. The van der Waals surface area contributed by atoms with Gasteiger partial charge in [0, 0.05) is 32.7 Å². The summed E-state index contributed by atoms with van der Waals surface area (Å²) in [6.45, 7) is 5.03. The second-order valence-corrected chi connectivity index (χ2v) is 9.12. The Labute approximate surface area is 182 Å². The zero-order chi connectivity index (χ0) is 21.6. The minimum Gasteiger partial charge on any atom is -0.491 e. The van der Waals surface area contributed by atoms with Crippen LogP contribution in [0.2, 0.25) is 5.02 Å². The Bertz CT molecular complexity index is 975. The average molecular weight is 453 g/mol. The molecule has 0 amide bonds. The van der Waals surface area contributed by atoms with Gasteiger partial charge in [-0.15, -0.1) is 0 Å². The van der Waals surface area contributed by atoms with E-state index in [9.17, 15) is 13.2 Å². The first-order valence-electron chi connectivity index (χ1n) is 9.79. The van der Waals surface area contributed by atoms with E-state index < -0.39 is 16.0 Å². The van der Waals surface area contributed by atoms with E-state index in [-0.39, 0.29) is 17.1 Å². The van der Waals surface area contributed by atoms with Crippen molar-refractivity contribution in [1.82, 2.24) is 9.21 Å². The van der Waals surface area contributed by atoms with E-state index in [2.05, 4.69) is 4.90 Å². The van der Waals surface area contributed by atoms with E-state index >= 15 is 0 Å². The molecule has 30 heavy (non-hydrogen) atoms. The lowest BCUT2D eigenvalue weighted by Crippen LogP contribution is -2.49. The van der Waals surface area contributed by atoms with Crippen LogP contribution in [-0.2, 0) is 14.8 Å². The zero-order valence-corrected chi connectivity index (χ0v) is 18.4. The van der Waals surface area contributed by atoms with Crippen molar-refractivity contribution in [3.05, 3.63) is 59.1 Å². The molecule has 0 unspecified atom stereocenters. The normalized spacial score (nSPS) is 15.7. The zero-order valence-electron chi connectivity index (χ0n) is 16.8. The number of ether oxygens (including phenoxy) is 2. The molecule has 1 fully saturated rings. The van der Waals surface area contributed by atoms with Gasteiger partial charge in [0.05, 0.1) is 22.1 Å². The summed E-state index contributed by atoms with van der Waals surface area (Å²) in [4.78, 5) is 14.2.